The summed E-state index contributed by atoms with van der Waals surface area (Å²) in [7, 11) is 0. The fraction of sp³-hybridized carbons (Fsp3) is 0.385. The van der Waals surface area contributed by atoms with Crippen LogP contribution >= 0.6 is 0 Å². The lowest BCUT2D eigenvalue weighted by atomic mass is 10.2. The first-order valence-electron chi connectivity index (χ1n) is 5.89. The highest BCUT2D eigenvalue weighted by Gasteiger charge is 2.24. The predicted octanol–water partition coefficient (Wildman–Crippen LogP) is 0.406. The van der Waals surface area contributed by atoms with Crippen LogP contribution in [0, 0.1) is 0 Å². The number of carbonyl (C=O) groups is 2. The molecule has 0 aliphatic heterocycles. The molecule has 0 saturated heterocycles. The molecule has 3 N–H and O–H groups in total. The minimum absolute atomic E-state index is 0.0192. The first-order valence-corrected chi connectivity index (χ1v) is 5.89. The molecule has 6 nitrogen and oxygen atoms in total. The molecule has 1 rings (SSSR count). The molecule has 0 aromatic heterocycles. The number of aliphatic hydroxyl groups excluding tert-OH is 1. The van der Waals surface area contributed by atoms with Crippen molar-refractivity contribution in [3.8, 4) is 5.75 Å². The number of benzene rings is 1. The van der Waals surface area contributed by atoms with Crippen molar-refractivity contribution >= 4 is 11.9 Å². The van der Waals surface area contributed by atoms with E-state index in [0.29, 0.717) is 5.75 Å². The lowest BCUT2D eigenvalue weighted by Gasteiger charge is -2.17. The molecule has 19 heavy (non-hydrogen) atoms. The zero-order valence-corrected chi connectivity index (χ0v) is 10.6. The third-order valence-corrected chi connectivity index (χ3v) is 2.41. The zero-order chi connectivity index (χ0) is 14.3. The van der Waals surface area contributed by atoms with Gasteiger partial charge in [0.05, 0.1) is 19.1 Å². The molecule has 0 radical (unpaired) electrons. The summed E-state index contributed by atoms with van der Waals surface area (Å²) in [4.78, 5) is 22.3. The fourth-order valence-electron chi connectivity index (χ4n) is 1.41. The van der Waals surface area contributed by atoms with E-state index >= 15 is 0 Å². The summed E-state index contributed by atoms with van der Waals surface area (Å²) >= 11 is 0. The molecule has 0 aliphatic rings. The first kappa shape index (κ1) is 15.0. The van der Waals surface area contributed by atoms with Crippen LogP contribution in [0.3, 0.4) is 0 Å². The van der Waals surface area contributed by atoms with Crippen molar-refractivity contribution in [2.75, 3.05) is 6.61 Å². The molecular formula is C13H17NO5. The number of amides is 1. The molecule has 104 valence electrons. The highest BCUT2D eigenvalue weighted by atomic mass is 16.5. The third kappa shape index (κ3) is 5.39. The fourth-order valence-corrected chi connectivity index (χ4v) is 1.41. The van der Waals surface area contributed by atoms with Crippen LogP contribution in [0.2, 0.25) is 0 Å². The van der Waals surface area contributed by atoms with Crippen LogP contribution in [0.5, 0.6) is 5.75 Å². The van der Waals surface area contributed by atoms with Crippen LogP contribution in [0.15, 0.2) is 30.3 Å². The number of carboxylic acids is 1. The Morgan fingerprint density at radius 2 is 1.95 bits per heavy atom. The van der Waals surface area contributed by atoms with Crippen LogP contribution in [0.1, 0.15) is 13.3 Å². The van der Waals surface area contributed by atoms with E-state index in [2.05, 4.69) is 5.32 Å². The molecule has 1 aromatic rings. The molecule has 2 atom stereocenters. The van der Waals surface area contributed by atoms with E-state index in [4.69, 9.17) is 9.84 Å². The van der Waals surface area contributed by atoms with Gasteiger partial charge >= 0.3 is 5.97 Å². The van der Waals surface area contributed by atoms with Crippen molar-refractivity contribution in [2.45, 2.75) is 25.5 Å². The van der Waals surface area contributed by atoms with Gasteiger partial charge in [0.15, 0.2) is 6.04 Å². The number of nitrogens with one attached hydrogen (secondary N) is 1. The normalized spacial score (nSPS) is 13.4. The number of aliphatic carboxylic acids is 1. The molecule has 1 aromatic carbocycles. The second kappa shape index (κ2) is 7.38. The van der Waals surface area contributed by atoms with E-state index in [1.54, 1.807) is 12.1 Å². The van der Waals surface area contributed by atoms with Crippen LogP contribution in [0.25, 0.3) is 0 Å². The van der Waals surface area contributed by atoms with Gasteiger partial charge in [0.1, 0.15) is 5.75 Å². The van der Waals surface area contributed by atoms with Gasteiger partial charge in [-0.15, -0.1) is 0 Å². The lowest BCUT2D eigenvalue weighted by Crippen LogP contribution is -2.47. The number of para-hydroxylation sites is 1. The average molecular weight is 267 g/mol. The van der Waals surface area contributed by atoms with E-state index in [0.717, 1.165) is 0 Å². The molecular weight excluding hydrogens is 250 g/mol. The largest absolute Gasteiger partial charge is 0.493 e. The van der Waals surface area contributed by atoms with Crippen LogP contribution in [-0.4, -0.2) is 40.8 Å². The monoisotopic (exact) mass is 267 g/mol. The van der Waals surface area contributed by atoms with E-state index in [-0.39, 0.29) is 13.0 Å². The number of aliphatic hydroxyl groups is 1. The Balaban J connectivity index is 2.33. The van der Waals surface area contributed by atoms with Gasteiger partial charge in [-0.05, 0) is 19.1 Å². The quantitative estimate of drug-likeness (QED) is 0.665. The van der Waals surface area contributed by atoms with Crippen molar-refractivity contribution in [1.29, 1.82) is 0 Å². The summed E-state index contributed by atoms with van der Waals surface area (Å²) in [6.45, 7) is 1.45. The number of hydrogen-bond acceptors (Lipinski definition) is 4. The predicted molar refractivity (Wildman–Crippen MR) is 67.8 cm³/mol. The Labute approximate surface area is 111 Å². The van der Waals surface area contributed by atoms with Gasteiger partial charge in [-0.3, -0.25) is 4.79 Å². The zero-order valence-electron chi connectivity index (χ0n) is 10.6. The van der Waals surface area contributed by atoms with Gasteiger partial charge < -0.3 is 20.3 Å². The number of rotatable bonds is 7. The maximum atomic E-state index is 11.5. The van der Waals surface area contributed by atoms with Crippen molar-refractivity contribution < 1.29 is 24.5 Å². The topological polar surface area (TPSA) is 95.9 Å². The van der Waals surface area contributed by atoms with Crippen LogP contribution in [0.4, 0.5) is 0 Å². The summed E-state index contributed by atoms with van der Waals surface area (Å²) in [5.41, 5.74) is 0. The average Bonchev–Trinajstić information content (AvgIpc) is 2.36. The van der Waals surface area contributed by atoms with E-state index in [1.807, 2.05) is 18.2 Å². The Kier molecular flexibility index (Phi) is 5.81. The number of carboxylic acid groups (broad SMARTS) is 1. The van der Waals surface area contributed by atoms with Crippen molar-refractivity contribution in [1.82, 2.24) is 5.32 Å². The minimum Gasteiger partial charge on any atom is -0.493 e. The van der Waals surface area contributed by atoms with E-state index in [9.17, 15) is 14.7 Å². The molecule has 6 heteroatoms. The highest BCUT2D eigenvalue weighted by Crippen LogP contribution is 2.08. The molecule has 0 bridgehead atoms. The Hall–Kier alpha value is -2.08. The maximum absolute atomic E-state index is 11.5. The summed E-state index contributed by atoms with van der Waals surface area (Å²) in [5.74, 6) is -1.11. The molecule has 0 heterocycles. The summed E-state index contributed by atoms with van der Waals surface area (Å²) in [6, 6.07) is 7.68. The summed E-state index contributed by atoms with van der Waals surface area (Å²) < 4.78 is 5.31. The SMILES string of the molecule is C[C@@H](O)[C@H](NC(=O)CCOc1ccccc1)C(=O)O. The molecule has 0 fully saturated rings. The Morgan fingerprint density at radius 3 is 2.47 bits per heavy atom. The molecule has 0 saturated carbocycles. The van der Waals surface area contributed by atoms with Crippen molar-refractivity contribution in [3.05, 3.63) is 30.3 Å². The molecule has 0 spiro atoms. The smallest absolute Gasteiger partial charge is 0.328 e. The second-order valence-electron chi connectivity index (χ2n) is 4.04. The van der Waals surface area contributed by atoms with Gasteiger partial charge in [0.25, 0.3) is 0 Å². The van der Waals surface area contributed by atoms with Gasteiger partial charge in [-0.2, -0.15) is 0 Å². The molecule has 0 unspecified atom stereocenters. The molecule has 1 amide bonds. The van der Waals surface area contributed by atoms with Gasteiger partial charge in [-0.1, -0.05) is 18.2 Å². The minimum atomic E-state index is -1.30. The van der Waals surface area contributed by atoms with Gasteiger partial charge in [0, 0.05) is 0 Å². The lowest BCUT2D eigenvalue weighted by molar-refractivity contribution is -0.144. The summed E-state index contributed by atoms with van der Waals surface area (Å²) in [5, 5.41) is 20.2. The van der Waals surface area contributed by atoms with Crippen molar-refractivity contribution in [2.24, 2.45) is 0 Å². The number of hydrogen-bond donors (Lipinski definition) is 3. The Bertz CT molecular complexity index is 418. The van der Waals surface area contributed by atoms with E-state index in [1.165, 1.54) is 6.92 Å². The standard InChI is InChI=1S/C13H17NO5/c1-9(15)12(13(17)18)14-11(16)7-8-19-10-5-3-2-4-6-10/h2-6,9,12,15H,7-8H2,1H3,(H,14,16)(H,17,18)/t9-,12+/m1/s1. The summed E-state index contributed by atoms with van der Waals surface area (Å²) in [6.07, 6.45) is -1.14. The number of ether oxygens (including phenoxy) is 1. The van der Waals surface area contributed by atoms with E-state index < -0.39 is 24.0 Å². The Morgan fingerprint density at radius 1 is 1.32 bits per heavy atom. The van der Waals surface area contributed by atoms with Gasteiger partial charge in [0.2, 0.25) is 5.91 Å². The highest BCUT2D eigenvalue weighted by molar-refractivity contribution is 5.83. The first-order chi connectivity index (χ1) is 9.00. The van der Waals surface area contributed by atoms with Crippen LogP contribution in [-0.2, 0) is 9.59 Å². The number of carbonyl (C=O) groups excluding carboxylic acids is 1. The third-order valence-electron chi connectivity index (χ3n) is 2.41. The maximum Gasteiger partial charge on any atom is 0.328 e. The molecule has 0 aliphatic carbocycles. The second-order valence-corrected chi connectivity index (χ2v) is 4.04. The van der Waals surface area contributed by atoms with Crippen molar-refractivity contribution in [3.63, 3.8) is 0 Å². The van der Waals surface area contributed by atoms with Crippen LogP contribution < -0.4 is 10.1 Å². The van der Waals surface area contributed by atoms with Gasteiger partial charge in [-0.25, -0.2) is 4.79 Å².